The summed E-state index contributed by atoms with van der Waals surface area (Å²) in [5.41, 5.74) is 1.30. The van der Waals surface area contributed by atoms with Crippen LogP contribution in [0.4, 0.5) is 5.69 Å². The minimum Gasteiger partial charge on any atom is -0.279 e. The lowest BCUT2D eigenvalue weighted by atomic mass is 10.2. The topological polar surface area (TPSA) is 95.7 Å². The van der Waals surface area contributed by atoms with Gasteiger partial charge in [0.05, 0.1) is 11.2 Å². The van der Waals surface area contributed by atoms with Crippen LogP contribution in [0.15, 0.2) is 59.8 Å². The van der Waals surface area contributed by atoms with Gasteiger partial charge in [0.15, 0.2) is 0 Å². The van der Waals surface area contributed by atoms with Crippen LogP contribution in [0.2, 0.25) is 0 Å². The average molecular weight is 310 g/mol. The first-order chi connectivity index (χ1) is 10.6. The van der Waals surface area contributed by atoms with Gasteiger partial charge in [-0.05, 0) is 36.4 Å². The highest BCUT2D eigenvalue weighted by Gasteiger charge is 2.16. The van der Waals surface area contributed by atoms with Crippen molar-refractivity contribution in [2.24, 2.45) is 0 Å². The SMILES string of the molecule is N#Cc1ccc(S(=O)(=O)Nc2cccc3ncccc23)cn1. The van der Waals surface area contributed by atoms with Gasteiger partial charge in [-0.15, -0.1) is 0 Å². The summed E-state index contributed by atoms with van der Waals surface area (Å²) in [6, 6.07) is 13.3. The van der Waals surface area contributed by atoms with Crippen LogP contribution in [0.3, 0.4) is 0 Å². The average Bonchev–Trinajstić information content (AvgIpc) is 2.55. The van der Waals surface area contributed by atoms with Crippen LogP contribution >= 0.6 is 0 Å². The lowest BCUT2D eigenvalue weighted by Gasteiger charge is -2.10. The number of nitrogens with zero attached hydrogens (tertiary/aromatic N) is 3. The Morgan fingerprint density at radius 3 is 2.64 bits per heavy atom. The molecule has 0 amide bonds. The molecule has 7 heteroatoms. The molecule has 0 fully saturated rings. The van der Waals surface area contributed by atoms with Crippen LogP contribution in [0.1, 0.15) is 5.69 Å². The largest absolute Gasteiger partial charge is 0.279 e. The van der Waals surface area contributed by atoms with E-state index >= 15 is 0 Å². The standard InChI is InChI=1S/C15H10N4O2S/c16-9-11-6-7-12(10-18-11)22(20,21)19-15-5-1-4-14-13(15)3-2-8-17-14/h1-8,10,19H. The molecule has 22 heavy (non-hydrogen) atoms. The number of nitriles is 1. The molecule has 0 unspecified atom stereocenters. The molecule has 0 saturated carbocycles. The summed E-state index contributed by atoms with van der Waals surface area (Å²) >= 11 is 0. The fourth-order valence-corrected chi connectivity index (χ4v) is 3.03. The molecule has 1 aromatic carbocycles. The van der Waals surface area contributed by atoms with Crippen molar-refractivity contribution in [2.75, 3.05) is 4.72 Å². The number of fused-ring (bicyclic) bond motifs is 1. The van der Waals surface area contributed by atoms with E-state index in [4.69, 9.17) is 5.26 Å². The number of benzene rings is 1. The van der Waals surface area contributed by atoms with E-state index in [1.807, 2.05) is 6.07 Å². The van der Waals surface area contributed by atoms with Crippen molar-refractivity contribution in [3.8, 4) is 6.07 Å². The number of hydrogen-bond acceptors (Lipinski definition) is 5. The summed E-state index contributed by atoms with van der Waals surface area (Å²) in [4.78, 5) is 7.95. The number of rotatable bonds is 3. The van der Waals surface area contributed by atoms with Crippen LogP contribution in [0.25, 0.3) is 10.9 Å². The minimum absolute atomic E-state index is 0.00704. The highest BCUT2D eigenvalue weighted by Crippen LogP contribution is 2.24. The van der Waals surface area contributed by atoms with Crippen LogP contribution in [-0.2, 0) is 10.0 Å². The number of nitrogens with one attached hydrogen (secondary N) is 1. The molecule has 0 spiro atoms. The van der Waals surface area contributed by atoms with Gasteiger partial charge < -0.3 is 0 Å². The molecule has 3 aromatic rings. The summed E-state index contributed by atoms with van der Waals surface area (Å²) in [6.07, 6.45) is 2.80. The van der Waals surface area contributed by atoms with Gasteiger partial charge in [0.1, 0.15) is 16.7 Å². The maximum Gasteiger partial charge on any atom is 0.263 e. The summed E-state index contributed by atoms with van der Waals surface area (Å²) in [6.45, 7) is 0. The zero-order valence-corrected chi connectivity index (χ0v) is 12.1. The molecule has 0 radical (unpaired) electrons. The molecule has 0 saturated heterocycles. The third-order valence-electron chi connectivity index (χ3n) is 3.05. The van der Waals surface area contributed by atoms with Gasteiger partial charge in [-0.1, -0.05) is 6.07 Å². The second-order valence-electron chi connectivity index (χ2n) is 4.47. The zero-order valence-electron chi connectivity index (χ0n) is 11.3. The number of sulfonamides is 1. The Hall–Kier alpha value is -2.98. The quantitative estimate of drug-likeness (QED) is 0.800. The van der Waals surface area contributed by atoms with Crippen molar-refractivity contribution in [2.45, 2.75) is 4.90 Å². The predicted octanol–water partition coefficient (Wildman–Crippen LogP) is 2.30. The number of anilines is 1. The van der Waals surface area contributed by atoms with E-state index in [2.05, 4.69) is 14.7 Å². The van der Waals surface area contributed by atoms with Crippen molar-refractivity contribution in [1.82, 2.24) is 9.97 Å². The third kappa shape index (κ3) is 2.60. The Bertz CT molecular complexity index is 971. The normalized spacial score (nSPS) is 11.0. The van der Waals surface area contributed by atoms with E-state index < -0.39 is 10.0 Å². The van der Waals surface area contributed by atoms with E-state index in [0.717, 1.165) is 6.20 Å². The van der Waals surface area contributed by atoms with Gasteiger partial charge in [0.2, 0.25) is 0 Å². The van der Waals surface area contributed by atoms with Crippen molar-refractivity contribution < 1.29 is 8.42 Å². The Balaban J connectivity index is 2.01. The van der Waals surface area contributed by atoms with E-state index in [1.165, 1.54) is 12.1 Å². The molecule has 0 aliphatic carbocycles. The molecule has 6 nitrogen and oxygen atoms in total. The lowest BCUT2D eigenvalue weighted by Crippen LogP contribution is -2.13. The fraction of sp³-hybridized carbons (Fsp3) is 0. The number of hydrogen-bond donors (Lipinski definition) is 1. The molecule has 0 atom stereocenters. The van der Waals surface area contributed by atoms with Crippen LogP contribution in [0, 0.1) is 11.3 Å². The molecular weight excluding hydrogens is 300 g/mol. The first-order valence-corrected chi connectivity index (χ1v) is 7.81. The lowest BCUT2D eigenvalue weighted by molar-refractivity contribution is 0.601. The Morgan fingerprint density at radius 2 is 1.91 bits per heavy atom. The first-order valence-electron chi connectivity index (χ1n) is 6.33. The first kappa shape index (κ1) is 14.0. The molecule has 0 aliphatic rings. The summed E-state index contributed by atoms with van der Waals surface area (Å²) < 4.78 is 27.3. The van der Waals surface area contributed by atoms with Crippen molar-refractivity contribution in [3.05, 3.63) is 60.6 Å². The van der Waals surface area contributed by atoms with Gasteiger partial charge in [-0.3, -0.25) is 9.71 Å². The van der Waals surface area contributed by atoms with E-state index in [-0.39, 0.29) is 10.6 Å². The summed E-state index contributed by atoms with van der Waals surface area (Å²) in [5, 5.41) is 9.40. The van der Waals surface area contributed by atoms with Crippen molar-refractivity contribution in [1.29, 1.82) is 5.26 Å². The molecule has 2 heterocycles. The fourth-order valence-electron chi connectivity index (χ4n) is 2.00. The van der Waals surface area contributed by atoms with Gasteiger partial charge in [-0.2, -0.15) is 5.26 Å². The smallest absolute Gasteiger partial charge is 0.263 e. The monoisotopic (exact) mass is 310 g/mol. The second-order valence-corrected chi connectivity index (χ2v) is 6.15. The Kier molecular flexibility index (Phi) is 3.45. The van der Waals surface area contributed by atoms with Gasteiger partial charge >= 0.3 is 0 Å². The summed E-state index contributed by atoms with van der Waals surface area (Å²) in [5.74, 6) is 0. The molecule has 1 N–H and O–H groups in total. The Labute approximate surface area is 127 Å². The van der Waals surface area contributed by atoms with Gasteiger partial charge in [-0.25, -0.2) is 13.4 Å². The predicted molar refractivity (Wildman–Crippen MR) is 81.5 cm³/mol. The number of pyridine rings is 2. The van der Waals surface area contributed by atoms with E-state index in [0.29, 0.717) is 16.6 Å². The second kappa shape index (κ2) is 5.42. The maximum atomic E-state index is 12.4. The zero-order chi connectivity index (χ0) is 15.6. The highest BCUT2D eigenvalue weighted by atomic mass is 32.2. The minimum atomic E-state index is -3.78. The van der Waals surface area contributed by atoms with E-state index in [1.54, 1.807) is 36.5 Å². The van der Waals surface area contributed by atoms with Gasteiger partial charge in [0, 0.05) is 17.8 Å². The molecule has 2 aromatic heterocycles. The molecule has 0 aliphatic heterocycles. The molecule has 108 valence electrons. The Morgan fingerprint density at radius 1 is 1.05 bits per heavy atom. The molecular formula is C15H10N4O2S. The van der Waals surface area contributed by atoms with Crippen LogP contribution in [-0.4, -0.2) is 18.4 Å². The number of aromatic nitrogens is 2. The van der Waals surface area contributed by atoms with Gasteiger partial charge in [0.25, 0.3) is 10.0 Å². The molecule has 0 bridgehead atoms. The summed E-state index contributed by atoms with van der Waals surface area (Å²) in [7, 11) is -3.78. The maximum absolute atomic E-state index is 12.4. The van der Waals surface area contributed by atoms with Crippen LogP contribution < -0.4 is 4.72 Å². The highest BCUT2D eigenvalue weighted by molar-refractivity contribution is 7.92. The van der Waals surface area contributed by atoms with Crippen molar-refractivity contribution >= 4 is 26.6 Å². The van der Waals surface area contributed by atoms with E-state index in [9.17, 15) is 8.42 Å². The van der Waals surface area contributed by atoms with Crippen molar-refractivity contribution in [3.63, 3.8) is 0 Å². The molecule has 3 rings (SSSR count). The van der Waals surface area contributed by atoms with Crippen LogP contribution in [0.5, 0.6) is 0 Å². The third-order valence-corrected chi connectivity index (χ3v) is 4.40.